The maximum absolute atomic E-state index is 13.3. The molecule has 0 aromatic heterocycles. The van der Waals surface area contributed by atoms with E-state index in [0.29, 0.717) is 6.54 Å². The van der Waals surface area contributed by atoms with Crippen LogP contribution < -0.4 is 10.1 Å². The van der Waals surface area contributed by atoms with Gasteiger partial charge in [0.25, 0.3) is 0 Å². The van der Waals surface area contributed by atoms with Crippen molar-refractivity contribution in [2.24, 2.45) is 0 Å². The fraction of sp³-hybridized carbons (Fsp3) is 0.235. The molecule has 0 fully saturated rings. The van der Waals surface area contributed by atoms with Crippen LogP contribution in [0, 0.1) is 17.1 Å². The molecule has 1 atom stereocenters. The van der Waals surface area contributed by atoms with Crippen LogP contribution in [0.2, 0.25) is 0 Å². The summed E-state index contributed by atoms with van der Waals surface area (Å²) in [5, 5.41) is 12.2. The van der Waals surface area contributed by atoms with Gasteiger partial charge >= 0.3 is 0 Å². The van der Waals surface area contributed by atoms with Crippen LogP contribution in [0.1, 0.15) is 29.7 Å². The second kappa shape index (κ2) is 6.87. The number of hydrogen-bond acceptors (Lipinski definition) is 3. The van der Waals surface area contributed by atoms with E-state index < -0.39 is 5.82 Å². The molecule has 21 heavy (non-hydrogen) atoms. The largest absolute Gasteiger partial charge is 0.497 e. The van der Waals surface area contributed by atoms with Gasteiger partial charge in [0.1, 0.15) is 17.6 Å². The van der Waals surface area contributed by atoms with E-state index in [0.717, 1.165) is 16.9 Å². The lowest BCUT2D eigenvalue weighted by molar-refractivity contribution is 0.413. The van der Waals surface area contributed by atoms with Crippen LogP contribution in [0.25, 0.3) is 0 Å². The summed E-state index contributed by atoms with van der Waals surface area (Å²) < 4.78 is 18.5. The highest BCUT2D eigenvalue weighted by Gasteiger charge is 2.07. The van der Waals surface area contributed by atoms with Crippen LogP contribution in [0.4, 0.5) is 4.39 Å². The Morgan fingerprint density at radius 1 is 1.29 bits per heavy atom. The van der Waals surface area contributed by atoms with Crippen molar-refractivity contribution >= 4 is 0 Å². The molecule has 0 spiro atoms. The maximum atomic E-state index is 13.3. The standard InChI is InChI=1S/C17H17FN2O/c1-12(14-4-3-5-16(9-14)21-2)20-11-13-6-7-17(18)15(8-13)10-19/h3-9,12,20H,11H2,1-2H3/t12-/m1/s1. The Balaban J connectivity index is 2.03. The van der Waals surface area contributed by atoms with Crippen molar-refractivity contribution in [2.45, 2.75) is 19.5 Å². The lowest BCUT2D eigenvalue weighted by atomic mass is 10.1. The number of benzene rings is 2. The van der Waals surface area contributed by atoms with Gasteiger partial charge in [-0.3, -0.25) is 0 Å². The van der Waals surface area contributed by atoms with Crippen molar-refractivity contribution < 1.29 is 9.13 Å². The zero-order valence-electron chi connectivity index (χ0n) is 12.1. The van der Waals surface area contributed by atoms with Gasteiger partial charge in [0.15, 0.2) is 0 Å². The predicted octanol–water partition coefficient (Wildman–Crippen LogP) is 3.56. The lowest BCUT2D eigenvalue weighted by Crippen LogP contribution is -2.18. The summed E-state index contributed by atoms with van der Waals surface area (Å²) in [5.74, 6) is 0.330. The first kappa shape index (κ1) is 15.0. The normalized spacial score (nSPS) is 11.7. The van der Waals surface area contributed by atoms with Gasteiger partial charge in [-0.05, 0) is 42.3 Å². The molecule has 4 heteroatoms. The molecular formula is C17H17FN2O. The van der Waals surface area contributed by atoms with Crippen molar-refractivity contribution in [1.29, 1.82) is 5.26 Å². The summed E-state index contributed by atoms with van der Waals surface area (Å²) in [5.41, 5.74) is 2.06. The van der Waals surface area contributed by atoms with Crippen molar-refractivity contribution in [3.05, 3.63) is 65.0 Å². The Morgan fingerprint density at radius 3 is 2.81 bits per heavy atom. The summed E-state index contributed by atoms with van der Waals surface area (Å²) in [7, 11) is 1.64. The van der Waals surface area contributed by atoms with Crippen LogP contribution in [0.3, 0.4) is 0 Å². The van der Waals surface area contributed by atoms with Crippen LogP contribution in [-0.2, 0) is 6.54 Å². The first-order valence-electron chi connectivity index (χ1n) is 6.70. The zero-order valence-corrected chi connectivity index (χ0v) is 12.1. The van der Waals surface area contributed by atoms with Gasteiger partial charge in [-0.2, -0.15) is 5.26 Å². The Labute approximate surface area is 124 Å². The number of nitrogens with one attached hydrogen (secondary N) is 1. The van der Waals surface area contributed by atoms with Gasteiger partial charge in [0.05, 0.1) is 12.7 Å². The molecule has 108 valence electrons. The maximum Gasteiger partial charge on any atom is 0.140 e. The van der Waals surface area contributed by atoms with Gasteiger partial charge in [-0.25, -0.2) is 4.39 Å². The smallest absolute Gasteiger partial charge is 0.140 e. The molecule has 3 nitrogen and oxygen atoms in total. The number of nitrogens with zero attached hydrogens (tertiary/aromatic N) is 1. The molecule has 2 rings (SSSR count). The lowest BCUT2D eigenvalue weighted by Gasteiger charge is -2.15. The molecular weight excluding hydrogens is 267 g/mol. The highest BCUT2D eigenvalue weighted by Crippen LogP contribution is 2.19. The van der Waals surface area contributed by atoms with Crippen LogP contribution in [-0.4, -0.2) is 7.11 Å². The Morgan fingerprint density at radius 2 is 2.10 bits per heavy atom. The van der Waals surface area contributed by atoms with Crippen molar-refractivity contribution in [3.8, 4) is 11.8 Å². The van der Waals surface area contributed by atoms with Crippen LogP contribution >= 0.6 is 0 Å². The SMILES string of the molecule is COc1cccc([C@@H](C)NCc2ccc(F)c(C#N)c2)c1. The van der Waals surface area contributed by atoms with Crippen molar-refractivity contribution in [1.82, 2.24) is 5.32 Å². The quantitative estimate of drug-likeness (QED) is 0.913. The number of methoxy groups -OCH3 is 1. The molecule has 0 aliphatic carbocycles. The fourth-order valence-corrected chi connectivity index (χ4v) is 2.07. The number of ether oxygens (including phenoxy) is 1. The number of hydrogen-bond donors (Lipinski definition) is 1. The first-order chi connectivity index (χ1) is 10.1. The van der Waals surface area contributed by atoms with E-state index in [1.165, 1.54) is 6.07 Å². The molecule has 0 unspecified atom stereocenters. The number of nitriles is 1. The van der Waals surface area contributed by atoms with E-state index in [2.05, 4.69) is 5.32 Å². The Hall–Kier alpha value is -2.38. The number of halogens is 1. The average molecular weight is 284 g/mol. The molecule has 0 aliphatic heterocycles. The zero-order chi connectivity index (χ0) is 15.2. The molecule has 0 heterocycles. The van der Waals surface area contributed by atoms with E-state index in [-0.39, 0.29) is 11.6 Å². The molecule has 0 aliphatic rings. The summed E-state index contributed by atoms with van der Waals surface area (Å²) in [4.78, 5) is 0. The van der Waals surface area contributed by atoms with E-state index in [1.54, 1.807) is 19.2 Å². The minimum absolute atomic E-state index is 0.0725. The summed E-state index contributed by atoms with van der Waals surface area (Å²) >= 11 is 0. The first-order valence-corrected chi connectivity index (χ1v) is 6.70. The van der Waals surface area contributed by atoms with Gasteiger partial charge in [0.2, 0.25) is 0 Å². The monoisotopic (exact) mass is 284 g/mol. The van der Waals surface area contributed by atoms with Gasteiger partial charge in [-0.1, -0.05) is 18.2 Å². The summed E-state index contributed by atoms with van der Waals surface area (Å²) in [6, 6.07) is 14.4. The molecule has 2 aromatic carbocycles. The third-order valence-corrected chi connectivity index (χ3v) is 3.36. The Bertz CT molecular complexity index is 664. The molecule has 0 amide bonds. The third-order valence-electron chi connectivity index (χ3n) is 3.36. The van der Waals surface area contributed by atoms with Gasteiger partial charge in [-0.15, -0.1) is 0 Å². The highest BCUT2D eigenvalue weighted by atomic mass is 19.1. The van der Waals surface area contributed by atoms with E-state index >= 15 is 0 Å². The molecule has 2 aromatic rings. The topological polar surface area (TPSA) is 45.0 Å². The number of rotatable bonds is 5. The second-order valence-corrected chi connectivity index (χ2v) is 4.81. The predicted molar refractivity (Wildman–Crippen MR) is 79.4 cm³/mol. The molecule has 0 bridgehead atoms. The highest BCUT2D eigenvalue weighted by molar-refractivity contribution is 5.34. The van der Waals surface area contributed by atoms with E-state index in [1.807, 2.05) is 37.3 Å². The van der Waals surface area contributed by atoms with E-state index in [9.17, 15) is 4.39 Å². The van der Waals surface area contributed by atoms with Crippen LogP contribution in [0.5, 0.6) is 5.75 Å². The third kappa shape index (κ3) is 3.80. The van der Waals surface area contributed by atoms with Crippen molar-refractivity contribution in [2.75, 3.05) is 7.11 Å². The minimum Gasteiger partial charge on any atom is -0.497 e. The minimum atomic E-state index is -0.484. The molecule has 0 saturated carbocycles. The van der Waals surface area contributed by atoms with Crippen LogP contribution in [0.15, 0.2) is 42.5 Å². The molecule has 0 radical (unpaired) electrons. The summed E-state index contributed by atoms with van der Waals surface area (Å²) in [6.07, 6.45) is 0. The molecule has 1 N–H and O–H groups in total. The van der Waals surface area contributed by atoms with E-state index in [4.69, 9.17) is 10.00 Å². The molecule has 0 saturated heterocycles. The fourth-order valence-electron chi connectivity index (χ4n) is 2.07. The van der Waals surface area contributed by atoms with Gasteiger partial charge in [0, 0.05) is 12.6 Å². The summed E-state index contributed by atoms with van der Waals surface area (Å²) in [6.45, 7) is 2.61. The Kier molecular flexibility index (Phi) is 4.91. The van der Waals surface area contributed by atoms with Crippen molar-refractivity contribution in [3.63, 3.8) is 0 Å². The second-order valence-electron chi connectivity index (χ2n) is 4.81. The van der Waals surface area contributed by atoms with Gasteiger partial charge < -0.3 is 10.1 Å². The average Bonchev–Trinajstić information content (AvgIpc) is 2.53.